The number of ether oxygens (including phenoxy) is 1. The number of hydrogen-bond acceptors (Lipinski definition) is 4. The Hall–Kier alpha value is -1.97. The van der Waals surface area contributed by atoms with E-state index in [4.69, 9.17) is 15.0 Å². The van der Waals surface area contributed by atoms with Crippen LogP contribution < -0.4 is 10.5 Å². The molecule has 4 heteroatoms. The molecule has 2 N–H and O–H groups in total. The summed E-state index contributed by atoms with van der Waals surface area (Å²) in [5, 5.41) is 3.90. The van der Waals surface area contributed by atoms with Crippen LogP contribution in [0.25, 0.3) is 11.3 Å². The molecule has 0 aliphatic heterocycles. The lowest BCUT2D eigenvalue weighted by molar-refractivity contribution is 0.317. The van der Waals surface area contributed by atoms with Gasteiger partial charge in [0.05, 0.1) is 6.61 Å². The Bertz CT molecular complexity index is 561. The van der Waals surface area contributed by atoms with Gasteiger partial charge >= 0.3 is 0 Å². The molecule has 1 heterocycles. The van der Waals surface area contributed by atoms with Crippen LogP contribution in [-0.4, -0.2) is 11.8 Å². The second kappa shape index (κ2) is 6.46. The van der Waals surface area contributed by atoms with Gasteiger partial charge in [-0.3, -0.25) is 0 Å². The van der Waals surface area contributed by atoms with Gasteiger partial charge in [0.25, 0.3) is 0 Å². The zero-order chi connectivity index (χ0) is 14.5. The molecule has 0 bridgehead atoms. The number of benzene rings is 1. The van der Waals surface area contributed by atoms with Crippen molar-refractivity contribution in [1.29, 1.82) is 0 Å². The lowest BCUT2D eigenvalue weighted by atomic mass is 9.99. The van der Waals surface area contributed by atoms with E-state index in [-0.39, 0.29) is 0 Å². The fraction of sp³-hybridized carbons (Fsp3) is 0.438. The van der Waals surface area contributed by atoms with Crippen LogP contribution in [0.5, 0.6) is 5.75 Å². The normalized spacial score (nSPS) is 11.0. The summed E-state index contributed by atoms with van der Waals surface area (Å²) in [7, 11) is 0. The van der Waals surface area contributed by atoms with Crippen molar-refractivity contribution in [1.82, 2.24) is 5.16 Å². The van der Waals surface area contributed by atoms with Crippen LogP contribution in [0.3, 0.4) is 0 Å². The summed E-state index contributed by atoms with van der Waals surface area (Å²) in [6.45, 7) is 7.09. The number of nitrogen functional groups attached to an aromatic ring is 1. The first-order valence-corrected chi connectivity index (χ1v) is 7.09. The highest BCUT2D eigenvalue weighted by Gasteiger charge is 2.17. The molecule has 0 fully saturated rings. The predicted molar refractivity (Wildman–Crippen MR) is 80.7 cm³/mol. The van der Waals surface area contributed by atoms with Crippen LogP contribution in [0.1, 0.15) is 32.8 Å². The van der Waals surface area contributed by atoms with Crippen molar-refractivity contribution < 1.29 is 9.26 Å². The maximum atomic E-state index is 5.91. The van der Waals surface area contributed by atoms with Gasteiger partial charge in [-0.2, -0.15) is 0 Å². The van der Waals surface area contributed by atoms with E-state index in [1.165, 1.54) is 0 Å². The largest absolute Gasteiger partial charge is 0.494 e. The van der Waals surface area contributed by atoms with E-state index >= 15 is 0 Å². The van der Waals surface area contributed by atoms with E-state index in [0.717, 1.165) is 35.5 Å². The minimum absolute atomic E-state index is 0.480. The number of nitrogens with two attached hydrogens (primary N) is 1. The smallest absolute Gasteiger partial charge is 0.172 e. The van der Waals surface area contributed by atoms with Gasteiger partial charge in [-0.1, -0.05) is 38.1 Å². The maximum absolute atomic E-state index is 5.91. The van der Waals surface area contributed by atoms with Gasteiger partial charge in [0.1, 0.15) is 5.75 Å². The van der Waals surface area contributed by atoms with Crippen LogP contribution in [0.15, 0.2) is 28.8 Å². The summed E-state index contributed by atoms with van der Waals surface area (Å²) < 4.78 is 11.1. The fourth-order valence-electron chi connectivity index (χ4n) is 2.10. The molecule has 0 aliphatic carbocycles. The molecule has 0 spiro atoms. The second-order valence-electron chi connectivity index (χ2n) is 5.35. The summed E-state index contributed by atoms with van der Waals surface area (Å²) >= 11 is 0. The van der Waals surface area contributed by atoms with Gasteiger partial charge in [-0.05, 0) is 30.9 Å². The zero-order valence-corrected chi connectivity index (χ0v) is 12.3. The SMILES string of the molecule is CCCOc1cccc(-c2onc(N)c2CC(C)C)c1. The summed E-state index contributed by atoms with van der Waals surface area (Å²) in [6, 6.07) is 7.86. The van der Waals surface area contributed by atoms with Gasteiger partial charge in [0, 0.05) is 11.1 Å². The van der Waals surface area contributed by atoms with E-state index in [9.17, 15) is 0 Å². The summed E-state index contributed by atoms with van der Waals surface area (Å²) in [5.41, 5.74) is 7.85. The molecule has 0 saturated heterocycles. The summed E-state index contributed by atoms with van der Waals surface area (Å²) in [5.74, 6) is 2.57. The van der Waals surface area contributed by atoms with Crippen molar-refractivity contribution in [2.45, 2.75) is 33.6 Å². The highest BCUT2D eigenvalue weighted by molar-refractivity contribution is 5.67. The Labute approximate surface area is 119 Å². The molecule has 0 unspecified atom stereocenters. The second-order valence-corrected chi connectivity index (χ2v) is 5.35. The average molecular weight is 274 g/mol. The first kappa shape index (κ1) is 14.4. The van der Waals surface area contributed by atoms with Crippen molar-refractivity contribution in [2.24, 2.45) is 5.92 Å². The van der Waals surface area contributed by atoms with Crippen LogP contribution in [-0.2, 0) is 6.42 Å². The van der Waals surface area contributed by atoms with Gasteiger partial charge < -0.3 is 15.0 Å². The van der Waals surface area contributed by atoms with Gasteiger partial charge in [-0.25, -0.2) is 0 Å². The molecule has 1 aromatic heterocycles. The Morgan fingerprint density at radius 2 is 2.15 bits per heavy atom. The van der Waals surface area contributed by atoms with Crippen LogP contribution in [0, 0.1) is 5.92 Å². The van der Waals surface area contributed by atoms with Crippen molar-refractivity contribution in [3.8, 4) is 17.1 Å². The lowest BCUT2D eigenvalue weighted by Crippen LogP contribution is -1.99. The third-order valence-electron chi connectivity index (χ3n) is 3.00. The first-order chi connectivity index (χ1) is 9.61. The molecule has 2 rings (SSSR count). The van der Waals surface area contributed by atoms with Gasteiger partial charge in [0.2, 0.25) is 0 Å². The average Bonchev–Trinajstić information content (AvgIpc) is 2.78. The molecule has 108 valence electrons. The van der Waals surface area contributed by atoms with Gasteiger partial charge in [0.15, 0.2) is 11.6 Å². The molecule has 0 radical (unpaired) electrons. The predicted octanol–water partition coefficient (Wildman–Crippen LogP) is 3.91. The van der Waals surface area contributed by atoms with E-state index in [0.29, 0.717) is 18.3 Å². The zero-order valence-electron chi connectivity index (χ0n) is 12.3. The van der Waals surface area contributed by atoms with Crippen LogP contribution in [0.4, 0.5) is 5.82 Å². The topological polar surface area (TPSA) is 61.3 Å². The number of hydrogen-bond donors (Lipinski definition) is 1. The number of anilines is 1. The Balaban J connectivity index is 2.31. The molecule has 0 atom stereocenters. The van der Waals surface area contributed by atoms with E-state index in [1.54, 1.807) is 0 Å². The summed E-state index contributed by atoms with van der Waals surface area (Å²) in [6.07, 6.45) is 1.84. The highest BCUT2D eigenvalue weighted by Crippen LogP contribution is 2.31. The van der Waals surface area contributed by atoms with Gasteiger partial charge in [-0.15, -0.1) is 0 Å². The highest BCUT2D eigenvalue weighted by atomic mass is 16.5. The van der Waals surface area contributed by atoms with Crippen molar-refractivity contribution in [2.75, 3.05) is 12.3 Å². The van der Waals surface area contributed by atoms with E-state index in [2.05, 4.69) is 25.9 Å². The Morgan fingerprint density at radius 1 is 1.35 bits per heavy atom. The third kappa shape index (κ3) is 3.32. The molecule has 4 nitrogen and oxygen atoms in total. The van der Waals surface area contributed by atoms with Crippen molar-refractivity contribution in [3.63, 3.8) is 0 Å². The molecule has 2 aromatic rings. The lowest BCUT2D eigenvalue weighted by Gasteiger charge is -2.08. The van der Waals surface area contributed by atoms with E-state index < -0.39 is 0 Å². The molecular weight excluding hydrogens is 252 g/mol. The standard InChI is InChI=1S/C16H22N2O2/c1-4-8-19-13-7-5-6-12(10-13)15-14(9-11(2)3)16(17)18-20-15/h5-7,10-11H,4,8-9H2,1-3H3,(H2,17,18). The minimum Gasteiger partial charge on any atom is -0.494 e. The number of nitrogens with zero attached hydrogens (tertiary/aromatic N) is 1. The molecule has 1 aromatic carbocycles. The summed E-state index contributed by atoms with van der Waals surface area (Å²) in [4.78, 5) is 0. The minimum atomic E-state index is 0.480. The van der Waals surface area contributed by atoms with Crippen molar-refractivity contribution >= 4 is 5.82 Å². The molecule has 0 saturated carbocycles. The molecule has 0 aliphatic rings. The Kier molecular flexibility index (Phi) is 4.66. The maximum Gasteiger partial charge on any atom is 0.172 e. The van der Waals surface area contributed by atoms with Crippen molar-refractivity contribution in [3.05, 3.63) is 29.8 Å². The molecule has 0 amide bonds. The Morgan fingerprint density at radius 3 is 2.85 bits per heavy atom. The quantitative estimate of drug-likeness (QED) is 0.867. The number of aromatic nitrogens is 1. The molecule has 20 heavy (non-hydrogen) atoms. The third-order valence-corrected chi connectivity index (χ3v) is 3.00. The fourth-order valence-corrected chi connectivity index (χ4v) is 2.10. The van der Waals surface area contributed by atoms with Crippen LogP contribution in [0.2, 0.25) is 0 Å². The van der Waals surface area contributed by atoms with Crippen LogP contribution >= 0.6 is 0 Å². The molecular formula is C16H22N2O2. The monoisotopic (exact) mass is 274 g/mol. The first-order valence-electron chi connectivity index (χ1n) is 7.09. The number of rotatable bonds is 6. The van der Waals surface area contributed by atoms with E-state index in [1.807, 2.05) is 24.3 Å².